The summed E-state index contributed by atoms with van der Waals surface area (Å²) in [6.07, 6.45) is 19.1. The van der Waals surface area contributed by atoms with Crippen molar-refractivity contribution in [3.05, 3.63) is 82.8 Å². The molecule has 13 rings (SSSR count). The number of allylic oxidation sites excluding steroid dienone is 10. The average molecular weight is 1600 g/mol. The maximum atomic E-state index is 14.0. The van der Waals surface area contributed by atoms with Gasteiger partial charge in [-0.25, -0.2) is 0 Å². The van der Waals surface area contributed by atoms with Crippen molar-refractivity contribution in [3.63, 3.8) is 0 Å². The zero-order chi connectivity index (χ0) is 81.7. The fraction of sp³-hybridized carbons (Fsp3) is 0.713. The third-order valence-corrected chi connectivity index (χ3v) is 31.5. The van der Waals surface area contributed by atoms with Crippen molar-refractivity contribution in [1.82, 2.24) is 9.78 Å². The third-order valence-electron chi connectivity index (χ3n) is 30.2. The van der Waals surface area contributed by atoms with E-state index in [0.717, 1.165) is 28.8 Å². The summed E-state index contributed by atoms with van der Waals surface area (Å²) in [5.41, 5.74) is -1.89. The number of aliphatic hydroxyl groups excluding tert-OH is 3. The molecular weight excluding hydrogens is 1480 g/mol. The average Bonchev–Trinajstić information content (AvgIpc) is 1.57. The minimum absolute atomic E-state index is 0.0595. The molecule has 12 aliphatic carbocycles. The van der Waals surface area contributed by atoms with Crippen LogP contribution in [0.15, 0.2) is 71.5 Å². The Morgan fingerprint density at radius 2 is 0.829 bits per heavy atom. The Morgan fingerprint density at radius 1 is 0.495 bits per heavy atom. The number of halogens is 3. The van der Waals surface area contributed by atoms with E-state index in [4.69, 9.17) is 63.2 Å². The maximum Gasteiger partial charge on any atom is 0.306 e. The topological polar surface area (TPSA) is 305 Å². The summed E-state index contributed by atoms with van der Waals surface area (Å²) in [6, 6.07) is 0. The van der Waals surface area contributed by atoms with Crippen molar-refractivity contribution >= 4 is 99.8 Å². The second kappa shape index (κ2) is 31.5. The number of carbonyl (C=O) groups is 10. The van der Waals surface area contributed by atoms with Crippen LogP contribution in [0, 0.1) is 104 Å². The highest BCUT2D eigenvalue weighted by Gasteiger charge is 2.78. The predicted octanol–water partition coefficient (Wildman–Crippen LogP) is 13.1. The fourth-order valence-corrected chi connectivity index (χ4v) is 26.7. The second-order valence-corrected chi connectivity index (χ2v) is 37.4. The number of esters is 6. The van der Waals surface area contributed by atoms with Gasteiger partial charge in [0.05, 0.1) is 30.2 Å². The number of Topliss-reactive ketones (excluding diaryl/α,β-unsaturated/α-hetero) is 3. The van der Waals surface area contributed by atoms with Crippen molar-refractivity contribution in [2.45, 2.75) is 258 Å². The van der Waals surface area contributed by atoms with Crippen molar-refractivity contribution < 1.29 is 91.7 Å². The highest BCUT2D eigenvalue weighted by atomic mass is 35.5. The van der Waals surface area contributed by atoms with Crippen molar-refractivity contribution in [1.29, 1.82) is 0 Å². The molecule has 3 N–H and O–H groups in total. The van der Waals surface area contributed by atoms with Crippen LogP contribution >= 0.6 is 34.8 Å². The summed E-state index contributed by atoms with van der Waals surface area (Å²) >= 11 is 21.4. The van der Waals surface area contributed by atoms with Crippen LogP contribution in [0.5, 0.6) is 0 Å². The molecule has 27 atom stereocenters. The smallest absolute Gasteiger partial charge is 0.306 e. The SMILES string of the molecule is C=C1C=C[C@@]2(C)C(=C1)C[C@@H](Cl)[C@@H]1[C@@H]2[C@@H](O)C[C@@]2(C)[C@H]1C[C@@H](C)[C@]2(OC(=O)CC)C(=O)COC(=O)CC.CCC(=O)OCC(=O)[C@@]1(OC(=O)CC)[C@H](C)C[C@H]2[C@H]3[C@H]([C@@H](O)C[C@@]21C)[C@@]1(C)C=CC(=O)C=C1C[C@H]3Cl.CCC(=O)OCC(=O)[C@@]1(OC(=O)CC)[C@H](C)C[C@H]2[C@H]3[C@H]([C@@H](O)C[C@@]21C)[C@@]1(C)Cc2cnn(C)c2C=C1C[C@H]3Cl. The Morgan fingerprint density at radius 3 is 1.20 bits per heavy atom. The van der Waals surface area contributed by atoms with Gasteiger partial charge in [-0.05, 0) is 140 Å². The highest BCUT2D eigenvalue weighted by molar-refractivity contribution is 6.22. The van der Waals surface area contributed by atoms with Crippen LogP contribution in [0.25, 0.3) is 6.08 Å². The van der Waals surface area contributed by atoms with Gasteiger partial charge in [-0.2, -0.15) is 5.10 Å². The number of hydrogen-bond acceptors (Lipinski definition) is 20. The third kappa shape index (κ3) is 13.6. The first-order chi connectivity index (χ1) is 52.0. The quantitative estimate of drug-likeness (QED) is 0.0698. The minimum Gasteiger partial charge on any atom is -0.457 e. The number of aliphatic hydroxyl groups is 3. The van der Waals surface area contributed by atoms with Gasteiger partial charge in [-0.3, -0.25) is 52.6 Å². The first-order valence-corrected chi connectivity index (χ1v) is 41.8. The first kappa shape index (κ1) is 85.8. The predicted molar refractivity (Wildman–Crippen MR) is 416 cm³/mol. The van der Waals surface area contributed by atoms with Crippen LogP contribution in [-0.2, 0) is 89.8 Å². The Kier molecular flexibility index (Phi) is 24.3. The zero-order valence-corrected chi connectivity index (χ0v) is 69.8. The number of rotatable bonds is 18. The van der Waals surface area contributed by atoms with Crippen molar-refractivity contribution in [2.24, 2.45) is 111 Å². The maximum absolute atomic E-state index is 14.0. The van der Waals surface area contributed by atoms with Crippen LogP contribution < -0.4 is 0 Å². The molecule has 0 spiro atoms. The summed E-state index contributed by atoms with van der Waals surface area (Å²) in [4.78, 5) is 128. The summed E-state index contributed by atoms with van der Waals surface area (Å²) in [5, 5.41) is 39.1. The molecule has 0 saturated heterocycles. The largest absolute Gasteiger partial charge is 0.457 e. The molecule has 0 unspecified atom stereocenters. The zero-order valence-electron chi connectivity index (χ0n) is 67.6. The van der Waals surface area contributed by atoms with Gasteiger partial charge in [0.2, 0.25) is 17.3 Å². The Bertz CT molecular complexity index is 3940. The van der Waals surface area contributed by atoms with E-state index in [0.29, 0.717) is 44.9 Å². The first-order valence-electron chi connectivity index (χ1n) is 40.5. The Hall–Kier alpha value is -6.10. The molecule has 0 amide bonds. The summed E-state index contributed by atoms with van der Waals surface area (Å²) in [6.45, 7) is 30.8. The molecule has 0 aliphatic heterocycles. The minimum atomic E-state index is -1.54. The second-order valence-electron chi connectivity index (χ2n) is 35.8. The van der Waals surface area contributed by atoms with Gasteiger partial charge in [0.15, 0.2) is 42.4 Å². The molecule has 0 radical (unpaired) electrons. The molecule has 0 bridgehead atoms. The molecule has 0 aromatic carbocycles. The number of aryl methyl sites for hydroxylation is 1. The van der Waals surface area contributed by atoms with E-state index in [1.807, 2.05) is 78.5 Å². The molecule has 24 heteroatoms. The molecule has 9 fully saturated rings. The van der Waals surface area contributed by atoms with Gasteiger partial charge >= 0.3 is 35.8 Å². The number of nitrogens with zero attached hydrogens (tertiary/aromatic N) is 2. The number of ketones is 4. The standard InChI is InChI=1S/C30H41ClN2O6.C29H39ClO6.C28H37ClO7/c1-7-24(36)38-15-23(35)30(39-25(37)8-2)16(3)9-19-26-20(31)10-18-11-21-17(14-32-33(21)6)12-28(18,4)27(26)22(34)13-29(19,30)5;1-7-23(33)35-15-22(32)29(36-24(34)8-2)17(4)12-19-25-20(30)13-18-11-16(3)9-10-27(18,5)26(25)21(31)14-28(19,29)6;1-6-22(33)35-14-21(32)28(36-23(34)7-2)15(3)10-18-24-19(29)12-16-11-17(30)8-9-26(16,4)25(24)20(31)13-27(18,28)5/h11,14,16,19-20,22,26-27,34H,7-10,12-13,15H2,1-6H3;9-11,17,19-21,25-26,31H,3,7-8,12-15H2,1-2,4-6H3;8-9,11,15,18-20,24-25,31H,6-7,10,12-14H2,1-5H3/t16-,19+,20-,22+,26-,27+,28+,29+,30+;17-,19+,20-,21+,25-,26+,27+,28+,29+;15-,18+,19-,20+,24-,25+,26+,27+,28+/m111/s1. The van der Waals surface area contributed by atoms with Gasteiger partial charge < -0.3 is 43.7 Å². The van der Waals surface area contributed by atoms with Gasteiger partial charge in [-0.1, -0.05) is 151 Å². The van der Waals surface area contributed by atoms with Crippen LogP contribution in [0.1, 0.15) is 211 Å². The molecule has 1 heterocycles. The monoisotopic (exact) mass is 1600 g/mol. The lowest BCUT2D eigenvalue weighted by Crippen LogP contribution is -2.66. The molecule has 21 nitrogen and oxygen atoms in total. The van der Waals surface area contributed by atoms with E-state index in [1.165, 1.54) is 11.1 Å². The molecule has 1 aromatic rings. The lowest BCUT2D eigenvalue weighted by molar-refractivity contribution is -0.207. The van der Waals surface area contributed by atoms with Crippen LogP contribution in [-0.4, -0.2) is 155 Å². The number of alkyl halides is 3. The number of aromatic nitrogens is 2. The van der Waals surface area contributed by atoms with Gasteiger partial charge in [0.1, 0.15) is 0 Å². The highest BCUT2D eigenvalue weighted by Crippen LogP contribution is 2.74. The lowest BCUT2D eigenvalue weighted by Gasteiger charge is -2.61. The molecule has 111 heavy (non-hydrogen) atoms. The summed E-state index contributed by atoms with van der Waals surface area (Å²) < 4.78 is 35.9. The normalized spacial score (nSPS) is 42.2. The lowest BCUT2D eigenvalue weighted by atomic mass is 9.45. The van der Waals surface area contributed by atoms with Crippen LogP contribution in [0.4, 0.5) is 0 Å². The van der Waals surface area contributed by atoms with Gasteiger partial charge in [0.25, 0.3) is 0 Å². The number of ether oxygens (including phenoxy) is 6. The van der Waals surface area contributed by atoms with E-state index >= 15 is 0 Å². The number of hydrogen-bond donors (Lipinski definition) is 3. The van der Waals surface area contributed by atoms with Crippen LogP contribution in [0.3, 0.4) is 0 Å². The van der Waals surface area contributed by atoms with E-state index in [2.05, 4.69) is 43.8 Å². The molecule has 12 aliphatic rings. The van der Waals surface area contributed by atoms with Crippen LogP contribution in [0.2, 0.25) is 0 Å². The number of fused-ring (bicyclic) bond motifs is 16. The van der Waals surface area contributed by atoms with E-state index in [9.17, 15) is 63.3 Å². The summed E-state index contributed by atoms with van der Waals surface area (Å²) in [5.74, 6) is -6.41. The Labute approximate surface area is 668 Å². The molecular formula is C87H117Cl3N2O19. The van der Waals surface area contributed by atoms with E-state index < -0.39 is 130 Å². The molecule has 610 valence electrons. The van der Waals surface area contributed by atoms with E-state index in [1.54, 1.807) is 53.7 Å². The summed E-state index contributed by atoms with van der Waals surface area (Å²) in [7, 11) is 1.94. The Balaban J connectivity index is 0.000000165. The number of carbonyl (C=O) groups excluding carboxylic acids is 10. The fourth-order valence-electron chi connectivity index (χ4n) is 25.2. The van der Waals surface area contributed by atoms with Crippen molar-refractivity contribution in [3.8, 4) is 0 Å². The van der Waals surface area contributed by atoms with Gasteiger partial charge in [-0.15, -0.1) is 34.8 Å². The van der Waals surface area contributed by atoms with E-state index in [-0.39, 0.29) is 155 Å². The molecule has 9 saturated carbocycles. The molecule has 1 aromatic heterocycles. The van der Waals surface area contributed by atoms with Crippen molar-refractivity contribution in [2.75, 3.05) is 19.8 Å². The van der Waals surface area contributed by atoms with Gasteiger partial charge in [0, 0.05) is 118 Å².